The normalized spacial score (nSPS) is 15.7. The Morgan fingerprint density at radius 2 is 2.04 bits per heavy atom. The maximum absolute atomic E-state index is 12.9. The summed E-state index contributed by atoms with van der Waals surface area (Å²) < 4.78 is 18.4. The van der Waals surface area contributed by atoms with Gasteiger partial charge in [0.25, 0.3) is 0 Å². The monoisotopic (exact) mass is 386 g/mol. The van der Waals surface area contributed by atoms with Crippen LogP contribution in [-0.2, 0) is 4.79 Å². The first-order valence-corrected chi connectivity index (χ1v) is 9.70. The maximum Gasteiger partial charge on any atom is 0.238 e. The van der Waals surface area contributed by atoms with Gasteiger partial charge in [0.15, 0.2) is 0 Å². The Morgan fingerprint density at radius 3 is 2.74 bits per heavy atom. The average Bonchev–Trinajstić information content (AvgIpc) is 3.36. The molecule has 0 aliphatic carbocycles. The lowest BCUT2D eigenvalue weighted by atomic mass is 9.97. The van der Waals surface area contributed by atoms with Gasteiger partial charge < -0.3 is 9.84 Å². The van der Waals surface area contributed by atoms with Crippen molar-refractivity contribution in [2.45, 2.75) is 18.8 Å². The lowest BCUT2D eigenvalue weighted by Gasteiger charge is -2.29. The van der Waals surface area contributed by atoms with Gasteiger partial charge in [-0.05, 0) is 61.6 Å². The molecule has 1 amide bonds. The van der Waals surface area contributed by atoms with Gasteiger partial charge in [-0.3, -0.25) is 9.69 Å². The summed E-state index contributed by atoms with van der Waals surface area (Å²) in [6.07, 6.45) is 1.74. The van der Waals surface area contributed by atoms with Crippen molar-refractivity contribution in [1.29, 1.82) is 0 Å². The zero-order valence-corrected chi connectivity index (χ0v) is 15.4. The van der Waals surface area contributed by atoms with E-state index in [0.29, 0.717) is 23.9 Å². The highest BCUT2D eigenvalue weighted by Crippen LogP contribution is 2.29. The van der Waals surface area contributed by atoms with Crippen LogP contribution in [0.2, 0.25) is 0 Å². The molecule has 1 aliphatic rings. The number of likely N-dealkylation sites (tertiary alicyclic amines) is 1. The van der Waals surface area contributed by atoms with Crippen molar-refractivity contribution in [2.24, 2.45) is 0 Å². The van der Waals surface area contributed by atoms with E-state index in [1.165, 1.54) is 12.1 Å². The van der Waals surface area contributed by atoms with Gasteiger partial charge in [0, 0.05) is 11.6 Å². The van der Waals surface area contributed by atoms with Gasteiger partial charge >= 0.3 is 0 Å². The third-order valence-corrected chi connectivity index (χ3v) is 5.48. The first kappa shape index (κ1) is 17.8. The second-order valence-corrected chi connectivity index (χ2v) is 7.49. The number of halogens is 1. The Bertz CT molecular complexity index is 887. The molecule has 1 fully saturated rings. The van der Waals surface area contributed by atoms with Crippen LogP contribution in [0.5, 0.6) is 0 Å². The van der Waals surface area contributed by atoms with Crippen LogP contribution in [-0.4, -0.2) is 40.6 Å². The standard InChI is InChI=1S/C19H19FN4O2S/c20-14-3-5-15(6-4-14)21-17(25)12-24-9-7-13(8-10-24)19-22-18(23-26-19)16-2-1-11-27-16/h1-6,11,13H,7-10,12H2,(H,21,25). The van der Waals surface area contributed by atoms with Gasteiger partial charge in [-0.25, -0.2) is 4.39 Å². The molecule has 27 heavy (non-hydrogen) atoms. The van der Waals surface area contributed by atoms with Crippen LogP contribution in [0.15, 0.2) is 46.3 Å². The van der Waals surface area contributed by atoms with Crippen molar-refractivity contribution >= 4 is 22.9 Å². The van der Waals surface area contributed by atoms with Crippen LogP contribution in [0.1, 0.15) is 24.7 Å². The molecule has 0 radical (unpaired) electrons. The molecule has 0 bridgehead atoms. The summed E-state index contributed by atoms with van der Waals surface area (Å²) in [7, 11) is 0. The van der Waals surface area contributed by atoms with Crippen molar-refractivity contribution in [3.05, 3.63) is 53.5 Å². The number of hydrogen-bond acceptors (Lipinski definition) is 6. The highest BCUT2D eigenvalue weighted by Gasteiger charge is 2.26. The van der Waals surface area contributed by atoms with E-state index in [1.807, 2.05) is 17.5 Å². The highest BCUT2D eigenvalue weighted by molar-refractivity contribution is 7.13. The van der Waals surface area contributed by atoms with Crippen LogP contribution in [0.3, 0.4) is 0 Å². The van der Waals surface area contributed by atoms with E-state index in [9.17, 15) is 9.18 Å². The van der Waals surface area contributed by atoms with Crippen molar-refractivity contribution in [3.63, 3.8) is 0 Å². The summed E-state index contributed by atoms with van der Waals surface area (Å²) in [5.41, 5.74) is 0.600. The molecule has 3 heterocycles. The molecule has 0 spiro atoms. The van der Waals surface area contributed by atoms with Crippen molar-refractivity contribution in [2.75, 3.05) is 25.0 Å². The molecule has 1 aromatic carbocycles. The largest absolute Gasteiger partial charge is 0.339 e. The molecule has 1 saturated heterocycles. The summed E-state index contributed by atoms with van der Waals surface area (Å²) in [6, 6.07) is 9.71. The number of thiophene rings is 1. The zero-order valence-electron chi connectivity index (χ0n) is 14.6. The number of hydrogen-bond donors (Lipinski definition) is 1. The number of benzene rings is 1. The minimum absolute atomic E-state index is 0.0992. The summed E-state index contributed by atoms with van der Waals surface area (Å²) >= 11 is 1.59. The molecule has 0 unspecified atom stereocenters. The van der Waals surface area contributed by atoms with E-state index in [2.05, 4.69) is 20.4 Å². The Labute approximate surface area is 160 Å². The number of rotatable bonds is 5. The molecule has 6 nitrogen and oxygen atoms in total. The summed E-state index contributed by atoms with van der Waals surface area (Å²) in [6.45, 7) is 1.89. The molecular weight excluding hydrogens is 367 g/mol. The third kappa shape index (κ3) is 4.40. The quantitative estimate of drug-likeness (QED) is 0.723. The number of carbonyl (C=O) groups is 1. The minimum Gasteiger partial charge on any atom is -0.339 e. The van der Waals surface area contributed by atoms with Crippen LogP contribution in [0.25, 0.3) is 10.7 Å². The smallest absolute Gasteiger partial charge is 0.238 e. The lowest BCUT2D eigenvalue weighted by Crippen LogP contribution is -2.38. The van der Waals surface area contributed by atoms with Gasteiger partial charge in [0.05, 0.1) is 11.4 Å². The van der Waals surface area contributed by atoms with Crippen molar-refractivity contribution in [1.82, 2.24) is 15.0 Å². The molecule has 140 valence electrons. The Kier molecular flexibility index (Phi) is 5.26. The predicted molar refractivity (Wildman–Crippen MR) is 101 cm³/mol. The Balaban J connectivity index is 1.27. The molecular formula is C19H19FN4O2S. The fourth-order valence-corrected chi connectivity index (χ4v) is 3.83. The van der Waals surface area contributed by atoms with E-state index >= 15 is 0 Å². The zero-order chi connectivity index (χ0) is 18.6. The third-order valence-electron chi connectivity index (χ3n) is 4.62. The Hall–Kier alpha value is -2.58. The lowest BCUT2D eigenvalue weighted by molar-refractivity contribution is -0.117. The van der Waals surface area contributed by atoms with Crippen LogP contribution in [0.4, 0.5) is 10.1 Å². The molecule has 0 saturated carbocycles. The van der Waals surface area contributed by atoms with Crippen LogP contribution >= 0.6 is 11.3 Å². The van der Waals surface area contributed by atoms with Gasteiger partial charge in [0.1, 0.15) is 5.82 Å². The van der Waals surface area contributed by atoms with Gasteiger partial charge in [-0.15, -0.1) is 11.3 Å². The number of piperidine rings is 1. The van der Waals surface area contributed by atoms with Crippen LogP contribution in [0, 0.1) is 5.82 Å². The van der Waals surface area contributed by atoms with Gasteiger partial charge in [-0.1, -0.05) is 11.2 Å². The number of carbonyl (C=O) groups excluding carboxylic acids is 1. The second-order valence-electron chi connectivity index (χ2n) is 6.54. The van der Waals surface area contributed by atoms with E-state index in [-0.39, 0.29) is 17.6 Å². The molecule has 0 atom stereocenters. The van der Waals surface area contributed by atoms with E-state index in [4.69, 9.17) is 4.52 Å². The molecule has 8 heteroatoms. The number of nitrogens with one attached hydrogen (secondary N) is 1. The first-order valence-electron chi connectivity index (χ1n) is 8.82. The number of anilines is 1. The van der Waals surface area contributed by atoms with Gasteiger partial charge in [-0.2, -0.15) is 4.98 Å². The van der Waals surface area contributed by atoms with Crippen molar-refractivity contribution < 1.29 is 13.7 Å². The molecule has 4 rings (SSSR count). The SMILES string of the molecule is O=C(CN1CCC(c2nc(-c3cccs3)no2)CC1)Nc1ccc(F)cc1. The molecule has 3 aromatic rings. The summed E-state index contributed by atoms with van der Waals surface area (Å²) in [5.74, 6) is 1.12. The second kappa shape index (κ2) is 7.98. The minimum atomic E-state index is -0.321. The van der Waals surface area contributed by atoms with E-state index in [0.717, 1.165) is 30.8 Å². The van der Waals surface area contributed by atoms with Crippen molar-refractivity contribution in [3.8, 4) is 10.7 Å². The van der Waals surface area contributed by atoms with Crippen LogP contribution < -0.4 is 5.32 Å². The summed E-state index contributed by atoms with van der Waals surface area (Å²) in [5, 5.41) is 8.85. The fourth-order valence-electron chi connectivity index (χ4n) is 3.18. The maximum atomic E-state index is 12.9. The first-order chi connectivity index (χ1) is 13.2. The predicted octanol–water partition coefficient (Wildman–Crippen LogP) is 3.76. The summed E-state index contributed by atoms with van der Waals surface area (Å²) in [4.78, 5) is 19.8. The topological polar surface area (TPSA) is 71.3 Å². The van der Waals surface area contributed by atoms with E-state index in [1.54, 1.807) is 23.5 Å². The molecule has 1 N–H and O–H groups in total. The van der Waals surface area contributed by atoms with Gasteiger partial charge in [0.2, 0.25) is 17.6 Å². The van der Waals surface area contributed by atoms with E-state index < -0.39 is 0 Å². The number of amides is 1. The average molecular weight is 386 g/mol. The number of nitrogens with zero attached hydrogens (tertiary/aromatic N) is 3. The Morgan fingerprint density at radius 1 is 1.26 bits per heavy atom. The highest BCUT2D eigenvalue weighted by atomic mass is 32.1. The molecule has 1 aliphatic heterocycles. The number of aromatic nitrogens is 2. The fraction of sp³-hybridized carbons (Fsp3) is 0.316. The molecule has 2 aromatic heterocycles.